The molecule has 2 aliphatic rings. The first kappa shape index (κ1) is 75.9. The molecule has 0 spiro atoms. The Hall–Kier alpha value is -9.82. The molecule has 4 amide bonds. The van der Waals surface area contributed by atoms with Crippen LogP contribution in [-0.2, 0) is 46.4 Å². The van der Waals surface area contributed by atoms with Crippen LogP contribution in [0.25, 0.3) is 22.4 Å². The van der Waals surface area contributed by atoms with Crippen molar-refractivity contribution in [3.63, 3.8) is 0 Å². The summed E-state index contributed by atoms with van der Waals surface area (Å²) in [4.78, 5) is 92.3. The number of Topliss-reactive ketones (excluding diaryl/α,β-unsaturated/α-hetero) is 2. The number of benzene rings is 7. The zero-order chi connectivity index (χ0) is 67.9. The number of carbonyl (C=O) groups excluding carboxylic acids is 7. The van der Waals surface area contributed by atoms with Crippen molar-refractivity contribution in [2.75, 3.05) is 69.8 Å². The van der Waals surface area contributed by atoms with Crippen LogP contribution in [0.1, 0.15) is 105 Å². The van der Waals surface area contributed by atoms with Gasteiger partial charge in [-0.2, -0.15) is 0 Å². The summed E-state index contributed by atoms with van der Waals surface area (Å²) in [6.45, 7) is 17.7. The molecule has 2 saturated heterocycles. The number of hydrogen-bond acceptors (Lipinski definition) is 10. The molecule has 0 radical (unpaired) electrons. The minimum atomic E-state index is -1.24. The number of nitrogens with one attached hydrogen (secondary N) is 2. The molecule has 16 nitrogen and oxygen atoms in total. The number of rotatable bonds is 20. The molecule has 0 bridgehead atoms. The fourth-order valence-electron chi connectivity index (χ4n) is 10.8. The minimum Gasteiger partial charge on any atom is -0.550 e. The van der Waals surface area contributed by atoms with Crippen molar-refractivity contribution in [3.8, 4) is 22.4 Å². The van der Waals surface area contributed by atoms with Crippen LogP contribution in [0.2, 0.25) is 0 Å². The molecular weight excluding hydrogens is 1210 g/mol. The summed E-state index contributed by atoms with van der Waals surface area (Å²) >= 11 is 0. The van der Waals surface area contributed by atoms with Crippen LogP contribution in [-0.4, -0.2) is 115 Å². The van der Waals surface area contributed by atoms with Crippen LogP contribution in [0.15, 0.2) is 200 Å². The van der Waals surface area contributed by atoms with Crippen LogP contribution in [0.5, 0.6) is 0 Å². The molecule has 10 rings (SSSR count). The van der Waals surface area contributed by atoms with E-state index in [0.29, 0.717) is 81.5 Å². The third-order valence-electron chi connectivity index (χ3n) is 15.3. The summed E-state index contributed by atoms with van der Waals surface area (Å²) in [5, 5.41) is 15.9. The maximum atomic E-state index is 14.1. The number of carbonyl (C=O) groups is 7. The van der Waals surface area contributed by atoms with Crippen LogP contribution in [0.4, 0.5) is 24.9 Å². The topological polar surface area (TPSA) is 224 Å². The van der Waals surface area contributed by atoms with E-state index in [1.807, 2.05) is 96.4 Å². The lowest BCUT2D eigenvalue weighted by Gasteiger charge is -2.27. The van der Waals surface area contributed by atoms with Crippen molar-refractivity contribution >= 4 is 52.5 Å². The van der Waals surface area contributed by atoms with E-state index in [-0.39, 0.29) is 59.8 Å². The molecule has 2 unspecified atom stereocenters. The van der Waals surface area contributed by atoms with Crippen LogP contribution < -0.4 is 21.5 Å². The molecule has 0 aliphatic carbocycles. The molecule has 1 aromatic heterocycles. The molecule has 19 heteroatoms. The average molecular weight is 1310 g/mol. The van der Waals surface area contributed by atoms with E-state index in [1.54, 1.807) is 105 Å². The van der Waals surface area contributed by atoms with Crippen molar-refractivity contribution in [2.24, 2.45) is 11.8 Å². The zero-order valence-electron chi connectivity index (χ0n) is 54.8. The summed E-state index contributed by atoms with van der Waals surface area (Å²) in [6.07, 6.45) is 0.845. The maximum absolute atomic E-state index is 14.1. The number of quaternary nitrogens is 1. The van der Waals surface area contributed by atoms with E-state index in [1.165, 1.54) is 36.4 Å². The average Bonchev–Trinajstić information content (AvgIpc) is 1.58. The molecule has 3 heterocycles. The first-order valence-electron chi connectivity index (χ1n) is 31.9. The Morgan fingerprint density at radius 1 is 0.568 bits per heavy atom. The van der Waals surface area contributed by atoms with Gasteiger partial charge in [0, 0.05) is 87.1 Å². The number of aromatic nitrogens is 1. The molecule has 95 heavy (non-hydrogen) atoms. The van der Waals surface area contributed by atoms with Gasteiger partial charge < -0.3 is 50.1 Å². The molecule has 7 aromatic carbocycles. The summed E-state index contributed by atoms with van der Waals surface area (Å²) in [5.41, 5.74) is 11.1. The van der Waals surface area contributed by atoms with Gasteiger partial charge in [-0.3, -0.25) is 33.5 Å². The third kappa shape index (κ3) is 22.7. The molecule has 2 fully saturated rings. The molecule has 2 atom stereocenters. The Labute approximate surface area is 556 Å². The number of anilines is 2. The Balaban J connectivity index is 0.000000307. The fourth-order valence-corrected chi connectivity index (χ4v) is 10.8. The number of carboxylic acid groups (broad SMARTS) is 1. The number of nitrogens with zero attached hydrogens (tertiary/aromatic N) is 3. The summed E-state index contributed by atoms with van der Waals surface area (Å²) in [5.74, 6) is -5.87. The predicted octanol–water partition coefficient (Wildman–Crippen LogP) is 11.7. The van der Waals surface area contributed by atoms with Gasteiger partial charge in [-0.25, -0.2) is 8.78 Å². The molecule has 2 aliphatic heterocycles. The SMILES string of the molecule is CC.CC(C)C(=O)C(C(=O)Nc1ccccc1)C(C(=O)c1ccc(F)cc1)c1ccccc1.CC(C)c1c(C(=O)Nc2ccccc2)c(-c2ccccc2)c(-c2ccc(F)cc2)n1CCC(=O)N1CCOCC1.F.O=C([O-])Cc1ccccc1.[3HH].[NH3+]CCC(=O)N1CCOCC1. The quantitative estimate of drug-likeness (QED) is 0.0483. The van der Waals surface area contributed by atoms with Gasteiger partial charge in [-0.1, -0.05) is 169 Å². The summed E-state index contributed by atoms with van der Waals surface area (Å²) < 4.78 is 40.1. The van der Waals surface area contributed by atoms with Gasteiger partial charge in [0.2, 0.25) is 17.7 Å². The number of para-hydroxylation sites is 2. The highest BCUT2D eigenvalue weighted by atomic mass is 19.1. The standard InChI is InChI=1S/C33H34FN3O3.C26H24FNO3.C8H8O2.C7H14N2O2.C2H6.FH.H2/c1-23(2)31-30(33(39)35-27-11-7-4-8-12-27)29(24-9-5-3-6-10-24)32(25-13-15-26(34)16-14-25)37(31)18-17-28(38)36-19-21-40-22-20-36;1-17(2)24(29)23(26(31)28-21-11-7-4-8-12-21)22(18-9-5-3-6-10-18)25(30)19-13-15-20(27)16-14-19;9-8(10)6-7-4-2-1-3-5-7;8-2-1-7(10)9-3-5-11-6-4-9;1-2;;/h3-16,23H,17-22H2,1-2H3,(H,35,39);3-17,22-23H,1-2H3,(H,28,31);1-5H,6H2,(H,9,10);1-6,8H2;1-2H3;2*1H/i;;;;;;1+2. The predicted molar refractivity (Wildman–Crippen MR) is 365 cm³/mol. The van der Waals surface area contributed by atoms with Gasteiger partial charge in [0.25, 0.3) is 5.91 Å². The molecule has 0 saturated carbocycles. The second-order valence-corrected chi connectivity index (χ2v) is 22.5. The number of amides is 4. The molecule has 5 N–H and O–H groups in total. The van der Waals surface area contributed by atoms with Crippen LogP contribution >= 0.6 is 0 Å². The van der Waals surface area contributed by atoms with Crippen molar-refractivity contribution in [3.05, 3.63) is 240 Å². The summed E-state index contributed by atoms with van der Waals surface area (Å²) in [7, 11) is 0. The Morgan fingerprint density at radius 3 is 1.47 bits per heavy atom. The van der Waals surface area contributed by atoms with Crippen molar-refractivity contribution < 1.29 is 68.8 Å². The maximum Gasteiger partial charge on any atom is 0.258 e. The Bertz CT molecular complexity index is 3670. The van der Waals surface area contributed by atoms with Gasteiger partial charge >= 0.3 is 0 Å². The van der Waals surface area contributed by atoms with Gasteiger partial charge in [0.1, 0.15) is 23.3 Å². The second-order valence-electron chi connectivity index (χ2n) is 22.5. The lowest BCUT2D eigenvalue weighted by molar-refractivity contribution is -0.366. The number of aliphatic carboxylic acids is 1. The normalized spacial score (nSPS) is 13.0. The van der Waals surface area contributed by atoms with E-state index >= 15 is 0 Å². The highest BCUT2D eigenvalue weighted by Crippen LogP contribution is 2.43. The Morgan fingerprint density at radius 2 is 1.01 bits per heavy atom. The van der Waals surface area contributed by atoms with E-state index in [0.717, 1.165) is 46.7 Å². The van der Waals surface area contributed by atoms with Gasteiger partial charge in [-0.15, -0.1) is 0 Å². The smallest absolute Gasteiger partial charge is 0.258 e. The van der Waals surface area contributed by atoms with Gasteiger partial charge in [0.15, 0.2) is 5.78 Å². The van der Waals surface area contributed by atoms with E-state index in [4.69, 9.17) is 9.47 Å². The number of ketones is 2. The first-order valence-corrected chi connectivity index (χ1v) is 31.9. The van der Waals surface area contributed by atoms with E-state index in [9.17, 15) is 47.4 Å². The zero-order valence-corrected chi connectivity index (χ0v) is 54.8. The monoisotopic (exact) mass is 1300 g/mol. The van der Waals surface area contributed by atoms with Crippen molar-refractivity contribution in [2.45, 2.75) is 79.2 Å². The van der Waals surface area contributed by atoms with E-state index in [2.05, 4.69) is 34.8 Å². The lowest BCUT2D eigenvalue weighted by Crippen LogP contribution is -2.53. The number of morpholine rings is 2. The van der Waals surface area contributed by atoms with Crippen LogP contribution in [0.3, 0.4) is 0 Å². The molecule has 8 aromatic rings. The number of halogens is 3. The number of hydrogen-bond donors (Lipinski definition) is 3. The van der Waals surface area contributed by atoms with E-state index < -0.39 is 41.2 Å². The Kier molecular flexibility index (Phi) is 31.7. The van der Waals surface area contributed by atoms with Crippen LogP contribution in [0, 0.1) is 23.5 Å². The number of carboxylic acids is 1. The summed E-state index contributed by atoms with van der Waals surface area (Å²) in [6, 6.07) is 57.1. The van der Waals surface area contributed by atoms with Gasteiger partial charge in [0.05, 0.1) is 56.6 Å². The molecule has 504 valence electrons. The van der Waals surface area contributed by atoms with Gasteiger partial charge in [-0.05, 0) is 101 Å². The minimum absolute atomic E-state index is 0. The lowest BCUT2D eigenvalue weighted by atomic mass is 9.75. The largest absolute Gasteiger partial charge is 0.550 e. The van der Waals surface area contributed by atoms with Crippen molar-refractivity contribution in [1.29, 1.82) is 0 Å². The molecular formula is C76H89F3N6O10. The van der Waals surface area contributed by atoms with Crippen molar-refractivity contribution in [1.82, 2.24) is 14.4 Å². The third-order valence-corrected chi connectivity index (χ3v) is 15.3. The number of ether oxygens (including phenoxy) is 2. The first-order chi connectivity index (χ1) is 45.4. The highest BCUT2D eigenvalue weighted by Gasteiger charge is 2.41. The fraction of sp³-hybridized carbons (Fsp3) is 0.303. The second kappa shape index (κ2) is 39.7. The highest BCUT2D eigenvalue weighted by molar-refractivity contribution is 6.15.